The Hall–Kier alpha value is -7.03. The molecule has 0 aliphatic heterocycles. The van der Waals surface area contributed by atoms with E-state index in [0.717, 1.165) is 4.90 Å². The first-order valence-corrected chi connectivity index (χ1v) is 18.5. The van der Waals surface area contributed by atoms with Crippen molar-refractivity contribution in [2.24, 2.45) is 0 Å². The molecule has 5 N–H and O–H groups in total. The van der Waals surface area contributed by atoms with Gasteiger partial charge in [0.25, 0.3) is 0 Å². The maximum atomic E-state index is 14.6. The van der Waals surface area contributed by atoms with E-state index >= 15 is 0 Å². The largest absolute Gasteiger partial charge is 0.481 e. The van der Waals surface area contributed by atoms with Crippen molar-refractivity contribution < 1.29 is 53.2 Å². The smallest absolute Gasteiger partial charge is 0.408 e. The van der Waals surface area contributed by atoms with Crippen molar-refractivity contribution in [1.82, 2.24) is 20.9 Å². The van der Waals surface area contributed by atoms with Gasteiger partial charge in [0.2, 0.25) is 17.7 Å². The van der Waals surface area contributed by atoms with E-state index in [0.29, 0.717) is 22.3 Å². The average Bonchev–Trinajstić information content (AvgIpc) is 3.22. The van der Waals surface area contributed by atoms with Crippen molar-refractivity contribution in [2.45, 2.75) is 76.5 Å². The molecule has 4 atom stereocenters. The van der Waals surface area contributed by atoms with Gasteiger partial charge in [0.15, 0.2) is 0 Å². The molecule has 0 aromatic heterocycles. The van der Waals surface area contributed by atoms with Crippen LogP contribution in [-0.4, -0.2) is 81.0 Å². The molecular weight excluding hydrogens is 748 g/mol. The number of benzene rings is 4. The zero-order valence-corrected chi connectivity index (χ0v) is 31.8. The van der Waals surface area contributed by atoms with Gasteiger partial charge >= 0.3 is 24.0 Å². The predicted molar refractivity (Wildman–Crippen MR) is 209 cm³/mol. The lowest BCUT2D eigenvalue weighted by Crippen LogP contribution is -2.58. The summed E-state index contributed by atoms with van der Waals surface area (Å²) in [6.07, 6.45) is -2.95. The number of amides is 4. The third-order valence-electron chi connectivity index (χ3n) is 8.84. The number of ether oxygens (including phenoxy) is 2. The summed E-state index contributed by atoms with van der Waals surface area (Å²) >= 11 is 0. The van der Waals surface area contributed by atoms with Crippen LogP contribution < -0.4 is 16.0 Å². The Balaban J connectivity index is 1.59. The van der Waals surface area contributed by atoms with E-state index in [-0.39, 0.29) is 26.2 Å². The van der Waals surface area contributed by atoms with Gasteiger partial charge in [0, 0.05) is 19.4 Å². The zero-order chi connectivity index (χ0) is 41.9. The lowest BCUT2D eigenvalue weighted by molar-refractivity contribution is -0.158. The fraction of sp³-hybridized carbons (Fsp3) is 0.279. The molecule has 0 heterocycles. The van der Waals surface area contributed by atoms with Gasteiger partial charge in [-0.2, -0.15) is 0 Å². The van der Waals surface area contributed by atoms with Crippen LogP contribution in [0.25, 0.3) is 0 Å². The summed E-state index contributed by atoms with van der Waals surface area (Å²) in [5.74, 6) is -6.46. The van der Waals surface area contributed by atoms with E-state index in [1.165, 1.54) is 6.92 Å². The number of hydrogen-bond donors (Lipinski definition) is 5. The predicted octanol–water partition coefficient (Wildman–Crippen LogP) is 3.99. The Morgan fingerprint density at radius 1 is 0.586 bits per heavy atom. The molecule has 304 valence electrons. The first-order valence-electron chi connectivity index (χ1n) is 18.5. The van der Waals surface area contributed by atoms with Crippen LogP contribution in [0.3, 0.4) is 0 Å². The highest BCUT2D eigenvalue weighted by Gasteiger charge is 2.38. The van der Waals surface area contributed by atoms with Crippen LogP contribution in [0.5, 0.6) is 0 Å². The minimum absolute atomic E-state index is 0.0310. The molecule has 0 spiro atoms. The van der Waals surface area contributed by atoms with Gasteiger partial charge in [0.05, 0.1) is 6.42 Å². The van der Waals surface area contributed by atoms with E-state index in [1.54, 1.807) is 121 Å². The van der Waals surface area contributed by atoms with Crippen LogP contribution >= 0.6 is 0 Å². The number of carbonyl (C=O) groups is 7. The third kappa shape index (κ3) is 14.6. The third-order valence-corrected chi connectivity index (χ3v) is 8.84. The second-order valence-corrected chi connectivity index (χ2v) is 13.3. The van der Waals surface area contributed by atoms with E-state index in [4.69, 9.17) is 9.47 Å². The van der Waals surface area contributed by atoms with E-state index in [1.807, 2.05) is 0 Å². The van der Waals surface area contributed by atoms with Crippen molar-refractivity contribution in [3.8, 4) is 0 Å². The van der Waals surface area contributed by atoms with Gasteiger partial charge in [-0.15, -0.1) is 0 Å². The number of nitrogens with one attached hydrogen (secondary N) is 3. The SMILES string of the molecule is C[C@H](NC(=O)OCc1ccccc1)C(=O)N[C@@H](CCC(=O)O)C(=O)N[C@@H](CC(=O)O)C(=O)N(Cc1ccccc1)[C@@H](Cc1ccccc1)C(=O)OCc1ccccc1. The van der Waals surface area contributed by atoms with Crippen LogP contribution in [-0.2, 0) is 64.4 Å². The average molecular weight is 795 g/mol. The molecule has 4 aromatic carbocycles. The number of hydrogen-bond acceptors (Lipinski definition) is 9. The van der Waals surface area contributed by atoms with Crippen molar-refractivity contribution in [2.75, 3.05) is 0 Å². The number of esters is 1. The molecule has 0 unspecified atom stereocenters. The summed E-state index contributed by atoms with van der Waals surface area (Å²) in [5.41, 5.74) is 2.63. The summed E-state index contributed by atoms with van der Waals surface area (Å²) in [5, 5.41) is 26.5. The summed E-state index contributed by atoms with van der Waals surface area (Å²) in [7, 11) is 0. The van der Waals surface area contributed by atoms with Gasteiger partial charge in [-0.1, -0.05) is 121 Å². The minimum atomic E-state index is -1.79. The van der Waals surface area contributed by atoms with Crippen molar-refractivity contribution in [1.29, 1.82) is 0 Å². The first kappa shape index (κ1) is 43.7. The number of nitrogens with zero attached hydrogens (tertiary/aromatic N) is 1. The number of carbonyl (C=O) groups excluding carboxylic acids is 5. The van der Waals surface area contributed by atoms with E-state index < -0.39 is 85.2 Å². The van der Waals surface area contributed by atoms with Crippen molar-refractivity contribution in [3.63, 3.8) is 0 Å². The van der Waals surface area contributed by atoms with E-state index in [9.17, 15) is 43.8 Å². The topological polar surface area (TPSA) is 218 Å². The lowest BCUT2D eigenvalue weighted by atomic mass is 10.0. The highest BCUT2D eigenvalue weighted by atomic mass is 16.5. The molecule has 0 saturated heterocycles. The summed E-state index contributed by atoms with van der Waals surface area (Å²) < 4.78 is 10.9. The second kappa shape index (κ2) is 22.5. The molecule has 0 aliphatic carbocycles. The fourth-order valence-corrected chi connectivity index (χ4v) is 5.79. The second-order valence-electron chi connectivity index (χ2n) is 13.3. The summed E-state index contributed by atoms with van der Waals surface area (Å²) in [4.78, 5) is 93.0. The Morgan fingerprint density at radius 2 is 1.07 bits per heavy atom. The number of rotatable bonds is 21. The molecule has 15 nitrogen and oxygen atoms in total. The monoisotopic (exact) mass is 794 g/mol. The molecule has 4 amide bonds. The summed E-state index contributed by atoms with van der Waals surface area (Å²) in [6.45, 7) is 0.929. The zero-order valence-electron chi connectivity index (χ0n) is 31.8. The maximum absolute atomic E-state index is 14.6. The number of carboxylic acid groups (broad SMARTS) is 2. The van der Waals surface area contributed by atoms with Gasteiger partial charge in [-0.05, 0) is 35.6 Å². The molecule has 4 aromatic rings. The molecule has 15 heteroatoms. The Morgan fingerprint density at radius 3 is 1.59 bits per heavy atom. The van der Waals surface area contributed by atoms with Crippen LogP contribution in [0, 0.1) is 0 Å². The van der Waals surface area contributed by atoms with Gasteiger partial charge < -0.3 is 40.5 Å². The van der Waals surface area contributed by atoms with Crippen molar-refractivity contribution in [3.05, 3.63) is 144 Å². The van der Waals surface area contributed by atoms with Crippen LogP contribution in [0.2, 0.25) is 0 Å². The highest BCUT2D eigenvalue weighted by Crippen LogP contribution is 2.19. The minimum Gasteiger partial charge on any atom is -0.481 e. The lowest BCUT2D eigenvalue weighted by Gasteiger charge is -2.34. The van der Waals surface area contributed by atoms with Crippen LogP contribution in [0.15, 0.2) is 121 Å². The van der Waals surface area contributed by atoms with Gasteiger partial charge in [0.1, 0.15) is 37.4 Å². The number of carboxylic acids is 2. The molecular formula is C43H46N4O11. The normalized spacial score (nSPS) is 12.7. The van der Waals surface area contributed by atoms with Crippen LogP contribution in [0.4, 0.5) is 4.79 Å². The Bertz CT molecular complexity index is 1980. The van der Waals surface area contributed by atoms with E-state index in [2.05, 4.69) is 16.0 Å². The molecule has 0 aliphatic rings. The molecule has 0 saturated carbocycles. The highest BCUT2D eigenvalue weighted by molar-refractivity contribution is 5.96. The molecule has 0 fully saturated rings. The Kier molecular flexibility index (Phi) is 17.0. The van der Waals surface area contributed by atoms with Gasteiger partial charge in [-0.3, -0.25) is 24.0 Å². The molecule has 4 rings (SSSR count). The quantitative estimate of drug-likeness (QED) is 0.0760. The molecule has 0 radical (unpaired) electrons. The number of aliphatic carboxylic acids is 2. The number of alkyl carbamates (subject to hydrolysis) is 1. The molecule has 0 bridgehead atoms. The fourth-order valence-electron chi connectivity index (χ4n) is 5.79. The standard InChI is InChI=1S/C43H46N4O11/c1-29(44-43(56)58-28-33-20-12-5-13-21-33)39(52)45-34(22-23-37(48)49)40(53)46-35(25-38(50)51)41(54)47(26-31-16-8-3-9-17-31)36(24-30-14-6-2-7-15-30)42(55)57-27-32-18-10-4-11-19-32/h2-21,29,34-36H,22-28H2,1H3,(H,44,56)(H,45,52)(H,46,53)(H,48,49)(H,50,51)/t29-,34-,35-,36-/m0/s1. The van der Waals surface area contributed by atoms with Crippen LogP contribution in [0.1, 0.15) is 48.4 Å². The maximum Gasteiger partial charge on any atom is 0.408 e. The van der Waals surface area contributed by atoms with Crippen molar-refractivity contribution >= 4 is 41.7 Å². The molecule has 58 heavy (non-hydrogen) atoms. The van der Waals surface area contributed by atoms with Gasteiger partial charge in [-0.25, -0.2) is 9.59 Å². The summed E-state index contributed by atoms with van der Waals surface area (Å²) in [6, 6.07) is 29.2. The first-order chi connectivity index (χ1) is 27.9. The Labute approximate surface area is 335 Å².